The topological polar surface area (TPSA) is 0 Å². The summed E-state index contributed by atoms with van der Waals surface area (Å²) in [6.45, 7) is 5.88. The summed E-state index contributed by atoms with van der Waals surface area (Å²) in [7, 11) is 0. The van der Waals surface area contributed by atoms with Crippen LogP contribution in [0.5, 0.6) is 0 Å². The van der Waals surface area contributed by atoms with Crippen LogP contribution in [0.25, 0.3) is 0 Å². The lowest BCUT2D eigenvalue weighted by Gasteiger charge is -1.88. The zero-order chi connectivity index (χ0) is 5.98. The van der Waals surface area contributed by atoms with Crippen LogP contribution in [0.4, 0.5) is 0 Å². The standard InChI is InChI=1S/C8H12/c1-3-4-7(2)8-5-6-8/h3H,1,4-6H2,2H3. The van der Waals surface area contributed by atoms with E-state index >= 15 is 0 Å². The van der Waals surface area contributed by atoms with Crippen molar-refractivity contribution < 1.29 is 0 Å². The summed E-state index contributed by atoms with van der Waals surface area (Å²) in [5.74, 6) is 0. The molecule has 1 aliphatic rings. The van der Waals surface area contributed by atoms with Crippen molar-refractivity contribution in [2.45, 2.75) is 26.2 Å². The van der Waals surface area contributed by atoms with Crippen LogP contribution in [0.3, 0.4) is 0 Å². The van der Waals surface area contributed by atoms with Gasteiger partial charge in [-0.3, -0.25) is 0 Å². The molecule has 0 nitrogen and oxygen atoms in total. The van der Waals surface area contributed by atoms with Crippen LogP contribution >= 0.6 is 0 Å². The van der Waals surface area contributed by atoms with E-state index in [0.717, 1.165) is 6.42 Å². The first-order valence-electron chi connectivity index (χ1n) is 3.13. The van der Waals surface area contributed by atoms with E-state index in [9.17, 15) is 0 Å². The predicted molar refractivity (Wildman–Crippen MR) is 36.7 cm³/mol. The van der Waals surface area contributed by atoms with E-state index < -0.39 is 0 Å². The molecular formula is C8H12. The Bertz CT molecular complexity index is 123. The van der Waals surface area contributed by atoms with Gasteiger partial charge in [-0.25, -0.2) is 0 Å². The Morgan fingerprint density at radius 2 is 2.38 bits per heavy atom. The summed E-state index contributed by atoms with van der Waals surface area (Å²) in [4.78, 5) is 0. The predicted octanol–water partition coefficient (Wildman–Crippen LogP) is 2.67. The van der Waals surface area contributed by atoms with Gasteiger partial charge in [0.15, 0.2) is 0 Å². The molecule has 0 heterocycles. The summed E-state index contributed by atoms with van der Waals surface area (Å²) in [6, 6.07) is 0. The fourth-order valence-electron chi connectivity index (χ4n) is 0.850. The molecule has 0 unspecified atom stereocenters. The number of hydrogen-bond donors (Lipinski definition) is 0. The SMILES string of the molecule is C=CCC(C)=C1CC1. The van der Waals surface area contributed by atoms with Gasteiger partial charge in [0.25, 0.3) is 0 Å². The van der Waals surface area contributed by atoms with Crippen molar-refractivity contribution in [2.24, 2.45) is 0 Å². The van der Waals surface area contributed by atoms with Crippen LogP contribution in [-0.4, -0.2) is 0 Å². The minimum Gasteiger partial charge on any atom is -0.103 e. The molecule has 0 bridgehead atoms. The first-order chi connectivity index (χ1) is 3.84. The Kier molecular flexibility index (Phi) is 1.52. The normalized spacial score (nSPS) is 15.9. The van der Waals surface area contributed by atoms with Gasteiger partial charge in [0.1, 0.15) is 0 Å². The third kappa shape index (κ3) is 1.22. The highest BCUT2D eigenvalue weighted by Gasteiger charge is 2.12. The molecule has 8 heavy (non-hydrogen) atoms. The zero-order valence-corrected chi connectivity index (χ0v) is 5.41. The van der Waals surface area contributed by atoms with Gasteiger partial charge in [-0.05, 0) is 26.2 Å². The van der Waals surface area contributed by atoms with Crippen molar-refractivity contribution in [3.8, 4) is 0 Å². The third-order valence-corrected chi connectivity index (χ3v) is 1.55. The van der Waals surface area contributed by atoms with Crippen LogP contribution in [0.15, 0.2) is 23.8 Å². The molecule has 44 valence electrons. The molecule has 0 spiro atoms. The van der Waals surface area contributed by atoms with Gasteiger partial charge in [0, 0.05) is 0 Å². The van der Waals surface area contributed by atoms with Gasteiger partial charge < -0.3 is 0 Å². The van der Waals surface area contributed by atoms with Crippen LogP contribution in [-0.2, 0) is 0 Å². The molecule has 0 amide bonds. The van der Waals surface area contributed by atoms with Crippen LogP contribution in [0, 0.1) is 0 Å². The molecule has 1 aliphatic carbocycles. The molecule has 0 saturated heterocycles. The summed E-state index contributed by atoms with van der Waals surface area (Å²) in [5.41, 5.74) is 3.20. The van der Waals surface area contributed by atoms with Gasteiger partial charge in [0.05, 0.1) is 0 Å². The summed E-state index contributed by atoms with van der Waals surface area (Å²) in [5, 5.41) is 0. The Morgan fingerprint density at radius 1 is 1.75 bits per heavy atom. The van der Waals surface area contributed by atoms with Crippen molar-refractivity contribution in [1.29, 1.82) is 0 Å². The summed E-state index contributed by atoms with van der Waals surface area (Å²) >= 11 is 0. The third-order valence-electron chi connectivity index (χ3n) is 1.55. The summed E-state index contributed by atoms with van der Waals surface area (Å²) < 4.78 is 0. The zero-order valence-electron chi connectivity index (χ0n) is 5.41. The van der Waals surface area contributed by atoms with Gasteiger partial charge in [-0.1, -0.05) is 17.2 Å². The molecular weight excluding hydrogens is 96.1 g/mol. The van der Waals surface area contributed by atoms with Crippen molar-refractivity contribution in [2.75, 3.05) is 0 Å². The van der Waals surface area contributed by atoms with E-state index in [1.807, 2.05) is 6.08 Å². The molecule has 0 aromatic rings. The average Bonchev–Trinajstić information content (AvgIpc) is 2.45. The van der Waals surface area contributed by atoms with Crippen molar-refractivity contribution in [1.82, 2.24) is 0 Å². The largest absolute Gasteiger partial charge is 0.103 e. The van der Waals surface area contributed by atoms with E-state index in [1.165, 1.54) is 12.8 Å². The Morgan fingerprint density at radius 3 is 2.75 bits per heavy atom. The molecule has 0 aliphatic heterocycles. The van der Waals surface area contributed by atoms with E-state index in [0.29, 0.717) is 0 Å². The molecule has 1 rings (SSSR count). The van der Waals surface area contributed by atoms with Crippen LogP contribution in [0.1, 0.15) is 26.2 Å². The molecule has 1 saturated carbocycles. The van der Waals surface area contributed by atoms with E-state index in [2.05, 4.69) is 13.5 Å². The van der Waals surface area contributed by atoms with Crippen LogP contribution < -0.4 is 0 Å². The molecule has 0 radical (unpaired) electrons. The average molecular weight is 108 g/mol. The fourth-order valence-corrected chi connectivity index (χ4v) is 0.850. The molecule has 0 aromatic heterocycles. The van der Waals surface area contributed by atoms with E-state index in [4.69, 9.17) is 0 Å². The first kappa shape index (κ1) is 5.61. The van der Waals surface area contributed by atoms with Crippen molar-refractivity contribution >= 4 is 0 Å². The lowest BCUT2D eigenvalue weighted by molar-refractivity contribution is 1.20. The van der Waals surface area contributed by atoms with Crippen LogP contribution in [0.2, 0.25) is 0 Å². The number of rotatable bonds is 2. The highest BCUT2D eigenvalue weighted by molar-refractivity contribution is 5.24. The lowest BCUT2D eigenvalue weighted by Crippen LogP contribution is -1.68. The second-order valence-corrected chi connectivity index (χ2v) is 2.38. The maximum atomic E-state index is 3.68. The van der Waals surface area contributed by atoms with Gasteiger partial charge in [-0.15, -0.1) is 6.58 Å². The second-order valence-electron chi connectivity index (χ2n) is 2.38. The molecule has 0 atom stereocenters. The van der Waals surface area contributed by atoms with E-state index in [-0.39, 0.29) is 0 Å². The Balaban J connectivity index is 2.43. The van der Waals surface area contributed by atoms with Gasteiger partial charge in [0.2, 0.25) is 0 Å². The monoisotopic (exact) mass is 108 g/mol. The maximum Gasteiger partial charge on any atom is -0.0142 e. The smallest absolute Gasteiger partial charge is 0.0142 e. The first-order valence-corrected chi connectivity index (χ1v) is 3.13. The number of hydrogen-bond acceptors (Lipinski definition) is 0. The summed E-state index contributed by atoms with van der Waals surface area (Å²) in [6.07, 6.45) is 5.76. The molecule has 0 N–H and O–H groups in total. The Labute approximate surface area is 50.9 Å². The molecule has 0 aromatic carbocycles. The highest BCUT2D eigenvalue weighted by Crippen LogP contribution is 2.32. The van der Waals surface area contributed by atoms with E-state index in [1.54, 1.807) is 11.1 Å². The Hall–Kier alpha value is -0.520. The maximum absolute atomic E-state index is 3.68. The highest BCUT2D eigenvalue weighted by atomic mass is 14.2. The van der Waals surface area contributed by atoms with Crippen molar-refractivity contribution in [3.05, 3.63) is 23.8 Å². The fraction of sp³-hybridized carbons (Fsp3) is 0.500. The number of allylic oxidation sites excluding steroid dienone is 3. The molecule has 0 heteroatoms. The second kappa shape index (κ2) is 2.17. The molecule has 1 fully saturated rings. The quantitative estimate of drug-likeness (QED) is 0.477. The van der Waals surface area contributed by atoms with Crippen molar-refractivity contribution in [3.63, 3.8) is 0 Å². The van der Waals surface area contributed by atoms with Gasteiger partial charge in [-0.2, -0.15) is 0 Å². The lowest BCUT2D eigenvalue weighted by atomic mass is 10.2. The minimum atomic E-state index is 1.09. The van der Waals surface area contributed by atoms with Gasteiger partial charge >= 0.3 is 0 Å². The minimum absolute atomic E-state index is 1.09.